The van der Waals surface area contributed by atoms with Gasteiger partial charge in [-0.25, -0.2) is 13.4 Å². The van der Waals surface area contributed by atoms with Gasteiger partial charge in [0.05, 0.1) is 0 Å². The Hall–Kier alpha value is -1.14. The zero-order valence-corrected chi connectivity index (χ0v) is 12.4. The van der Waals surface area contributed by atoms with Crippen molar-refractivity contribution >= 4 is 15.8 Å². The summed E-state index contributed by atoms with van der Waals surface area (Å²) in [5.74, 6) is 1.00. The average Bonchev–Trinajstić information content (AvgIpc) is 2.89. The van der Waals surface area contributed by atoms with E-state index < -0.39 is 10.0 Å². The monoisotopic (exact) mass is 283 g/mol. The fourth-order valence-corrected chi connectivity index (χ4v) is 4.32. The first-order chi connectivity index (χ1) is 8.96. The number of hydrogen-bond acceptors (Lipinski definition) is 4. The van der Waals surface area contributed by atoms with Gasteiger partial charge in [-0.15, -0.1) is 0 Å². The molecule has 1 unspecified atom stereocenters. The third kappa shape index (κ3) is 2.74. The smallest absolute Gasteiger partial charge is 0.244 e. The summed E-state index contributed by atoms with van der Waals surface area (Å²) in [5.41, 5.74) is 0. The van der Waals surface area contributed by atoms with Crippen LogP contribution in [-0.2, 0) is 10.0 Å². The van der Waals surface area contributed by atoms with Crippen molar-refractivity contribution in [1.82, 2.24) is 9.29 Å². The van der Waals surface area contributed by atoms with E-state index in [1.807, 2.05) is 0 Å². The molecule has 19 heavy (non-hydrogen) atoms. The molecule has 5 nitrogen and oxygen atoms in total. The molecule has 1 fully saturated rings. The highest BCUT2D eigenvalue weighted by molar-refractivity contribution is 7.89. The van der Waals surface area contributed by atoms with Gasteiger partial charge in [0, 0.05) is 25.8 Å². The van der Waals surface area contributed by atoms with Gasteiger partial charge in [0.25, 0.3) is 0 Å². The molecule has 1 aliphatic rings. The summed E-state index contributed by atoms with van der Waals surface area (Å²) < 4.78 is 26.9. The van der Waals surface area contributed by atoms with Crippen LogP contribution in [0.1, 0.15) is 26.7 Å². The van der Waals surface area contributed by atoms with Crippen LogP contribution in [0.2, 0.25) is 0 Å². The number of anilines is 1. The topological polar surface area (TPSA) is 62.3 Å². The molecule has 106 valence electrons. The van der Waals surface area contributed by atoms with Crippen LogP contribution in [0.15, 0.2) is 23.2 Å². The molecule has 0 radical (unpaired) electrons. The first-order valence-corrected chi connectivity index (χ1v) is 8.06. The van der Waals surface area contributed by atoms with Gasteiger partial charge >= 0.3 is 0 Å². The van der Waals surface area contributed by atoms with Crippen molar-refractivity contribution in [1.29, 1.82) is 0 Å². The maximum atomic E-state index is 12.6. The zero-order chi connectivity index (χ0) is 14.0. The number of aromatic nitrogens is 1. The summed E-state index contributed by atoms with van der Waals surface area (Å²) in [6.45, 7) is 4.75. The lowest BCUT2D eigenvalue weighted by atomic mass is 10.0. The van der Waals surface area contributed by atoms with Crippen molar-refractivity contribution < 1.29 is 8.42 Å². The molecule has 0 aromatic carbocycles. The van der Waals surface area contributed by atoms with Crippen LogP contribution in [0.3, 0.4) is 0 Å². The minimum atomic E-state index is -3.41. The Morgan fingerprint density at radius 3 is 2.68 bits per heavy atom. The molecular weight excluding hydrogens is 262 g/mol. The summed E-state index contributed by atoms with van der Waals surface area (Å²) in [4.78, 5) is 4.36. The minimum Gasteiger partial charge on any atom is -0.373 e. The predicted octanol–water partition coefficient (Wildman–Crippen LogP) is 1.93. The Morgan fingerprint density at radius 2 is 2.16 bits per heavy atom. The van der Waals surface area contributed by atoms with Gasteiger partial charge < -0.3 is 5.32 Å². The standard InChI is InChI=1S/C13H21N3O2S/c1-10(2)12-5-4-8-16(12)19(17,18)11-6-7-13(14-3)15-9-11/h6-7,9-10,12H,4-5,8H2,1-3H3,(H,14,15). The second kappa shape index (κ2) is 5.46. The second-order valence-electron chi connectivity index (χ2n) is 5.20. The van der Waals surface area contributed by atoms with Crippen LogP contribution >= 0.6 is 0 Å². The zero-order valence-electron chi connectivity index (χ0n) is 11.6. The number of sulfonamides is 1. The molecule has 0 saturated carbocycles. The molecule has 1 N–H and O–H groups in total. The normalized spacial score (nSPS) is 20.9. The summed E-state index contributed by atoms with van der Waals surface area (Å²) in [6, 6.07) is 3.41. The van der Waals surface area contributed by atoms with Crippen molar-refractivity contribution in [2.24, 2.45) is 5.92 Å². The fourth-order valence-electron chi connectivity index (χ4n) is 2.55. The van der Waals surface area contributed by atoms with Gasteiger partial charge in [0.1, 0.15) is 10.7 Å². The van der Waals surface area contributed by atoms with Crippen LogP contribution in [0.25, 0.3) is 0 Å². The number of pyridine rings is 1. The molecule has 2 heterocycles. The molecule has 1 saturated heterocycles. The summed E-state index contributed by atoms with van der Waals surface area (Å²) in [7, 11) is -1.66. The lowest BCUT2D eigenvalue weighted by molar-refractivity contribution is 0.315. The van der Waals surface area contributed by atoms with Crippen molar-refractivity contribution in [2.75, 3.05) is 18.9 Å². The third-order valence-electron chi connectivity index (χ3n) is 3.62. The van der Waals surface area contributed by atoms with Crippen LogP contribution in [0, 0.1) is 5.92 Å². The molecule has 2 rings (SSSR count). The van der Waals surface area contributed by atoms with E-state index in [0.717, 1.165) is 12.8 Å². The van der Waals surface area contributed by atoms with Gasteiger partial charge in [0.2, 0.25) is 10.0 Å². The van der Waals surface area contributed by atoms with E-state index in [2.05, 4.69) is 24.1 Å². The summed E-state index contributed by atoms with van der Waals surface area (Å²) in [6.07, 6.45) is 3.31. The quantitative estimate of drug-likeness (QED) is 0.917. The van der Waals surface area contributed by atoms with Gasteiger partial charge in [-0.05, 0) is 30.9 Å². The summed E-state index contributed by atoms with van der Waals surface area (Å²) >= 11 is 0. The molecule has 0 spiro atoms. The van der Waals surface area contributed by atoms with Crippen LogP contribution in [0.5, 0.6) is 0 Å². The number of nitrogens with one attached hydrogen (secondary N) is 1. The maximum absolute atomic E-state index is 12.6. The van der Waals surface area contributed by atoms with E-state index in [1.165, 1.54) is 6.20 Å². The average molecular weight is 283 g/mol. The first-order valence-electron chi connectivity index (χ1n) is 6.62. The molecule has 1 aromatic heterocycles. The van der Waals surface area contributed by atoms with Gasteiger partial charge in [-0.1, -0.05) is 13.8 Å². The molecular formula is C13H21N3O2S. The van der Waals surface area contributed by atoms with Gasteiger partial charge in [-0.3, -0.25) is 0 Å². The van der Waals surface area contributed by atoms with E-state index in [4.69, 9.17) is 0 Å². The Labute approximate surface area is 115 Å². The molecule has 6 heteroatoms. The Balaban J connectivity index is 2.30. The molecule has 1 aromatic rings. The van der Waals surface area contributed by atoms with Crippen molar-refractivity contribution in [3.8, 4) is 0 Å². The SMILES string of the molecule is CNc1ccc(S(=O)(=O)N2CCCC2C(C)C)cn1. The van der Waals surface area contributed by atoms with Gasteiger partial charge in [0.15, 0.2) is 0 Å². The van der Waals surface area contributed by atoms with Crippen molar-refractivity contribution in [3.63, 3.8) is 0 Å². The largest absolute Gasteiger partial charge is 0.373 e. The Kier molecular flexibility index (Phi) is 4.10. The van der Waals surface area contributed by atoms with E-state index in [1.54, 1.807) is 23.5 Å². The van der Waals surface area contributed by atoms with E-state index >= 15 is 0 Å². The van der Waals surface area contributed by atoms with E-state index in [9.17, 15) is 8.42 Å². The number of nitrogens with zero attached hydrogens (tertiary/aromatic N) is 2. The first kappa shape index (κ1) is 14.3. The Bertz CT molecular complexity index is 525. The number of rotatable bonds is 4. The fraction of sp³-hybridized carbons (Fsp3) is 0.615. The summed E-state index contributed by atoms with van der Waals surface area (Å²) in [5, 5.41) is 2.88. The second-order valence-corrected chi connectivity index (χ2v) is 7.09. The van der Waals surface area contributed by atoms with Crippen LogP contribution in [-0.4, -0.2) is 37.3 Å². The lowest BCUT2D eigenvalue weighted by Gasteiger charge is -2.26. The molecule has 1 atom stereocenters. The highest BCUT2D eigenvalue weighted by Gasteiger charge is 2.36. The maximum Gasteiger partial charge on any atom is 0.244 e. The minimum absolute atomic E-state index is 0.106. The molecule has 0 bridgehead atoms. The Morgan fingerprint density at radius 1 is 1.42 bits per heavy atom. The van der Waals surface area contributed by atoms with Crippen LogP contribution < -0.4 is 5.32 Å². The highest BCUT2D eigenvalue weighted by Crippen LogP contribution is 2.29. The third-order valence-corrected chi connectivity index (χ3v) is 5.52. The van der Waals surface area contributed by atoms with Crippen LogP contribution in [0.4, 0.5) is 5.82 Å². The highest BCUT2D eigenvalue weighted by atomic mass is 32.2. The lowest BCUT2D eigenvalue weighted by Crippen LogP contribution is -2.38. The van der Waals surface area contributed by atoms with Gasteiger partial charge in [-0.2, -0.15) is 4.31 Å². The predicted molar refractivity (Wildman–Crippen MR) is 75.5 cm³/mol. The van der Waals surface area contributed by atoms with Crippen molar-refractivity contribution in [3.05, 3.63) is 18.3 Å². The van der Waals surface area contributed by atoms with Crippen molar-refractivity contribution in [2.45, 2.75) is 37.6 Å². The van der Waals surface area contributed by atoms with E-state index in [0.29, 0.717) is 18.3 Å². The molecule has 0 aliphatic carbocycles. The molecule has 0 amide bonds. The number of hydrogen-bond donors (Lipinski definition) is 1. The molecule has 1 aliphatic heterocycles. The van der Waals surface area contributed by atoms with E-state index in [-0.39, 0.29) is 10.9 Å².